The molecule has 0 bridgehead atoms. The Balaban J connectivity index is 2.85. The summed E-state index contributed by atoms with van der Waals surface area (Å²) in [6.45, 7) is 4.65. The van der Waals surface area contributed by atoms with Gasteiger partial charge >= 0.3 is 5.97 Å². The first-order valence-corrected chi connectivity index (χ1v) is 7.01. The molecular formula is C13H17BrClNO2. The maximum atomic E-state index is 10.9. The molecule has 0 saturated heterocycles. The van der Waals surface area contributed by atoms with E-state index in [2.05, 4.69) is 15.9 Å². The van der Waals surface area contributed by atoms with E-state index in [0.29, 0.717) is 11.6 Å². The molecule has 3 nitrogen and oxygen atoms in total. The third-order valence-electron chi connectivity index (χ3n) is 2.94. The van der Waals surface area contributed by atoms with Crippen molar-refractivity contribution in [2.24, 2.45) is 0 Å². The van der Waals surface area contributed by atoms with Gasteiger partial charge in [-0.15, -0.1) is 0 Å². The minimum absolute atomic E-state index is 0.0292. The number of nitrogens with zero attached hydrogens (tertiary/aromatic N) is 1. The Kier molecular flexibility index (Phi) is 6.12. The van der Waals surface area contributed by atoms with Gasteiger partial charge < -0.3 is 5.11 Å². The molecule has 0 heterocycles. The van der Waals surface area contributed by atoms with Gasteiger partial charge in [-0.05, 0) is 31.0 Å². The normalized spacial score (nSPS) is 12.7. The Morgan fingerprint density at radius 2 is 2.22 bits per heavy atom. The summed E-state index contributed by atoms with van der Waals surface area (Å²) >= 11 is 9.51. The highest BCUT2D eigenvalue weighted by atomic mass is 79.9. The van der Waals surface area contributed by atoms with Crippen molar-refractivity contribution in [3.05, 3.63) is 33.3 Å². The monoisotopic (exact) mass is 333 g/mol. The van der Waals surface area contributed by atoms with Crippen molar-refractivity contribution < 1.29 is 9.90 Å². The number of halogens is 2. The highest BCUT2D eigenvalue weighted by Gasteiger charge is 2.17. The quantitative estimate of drug-likeness (QED) is 0.860. The fraction of sp³-hybridized carbons (Fsp3) is 0.462. The molecule has 1 N–H and O–H groups in total. The van der Waals surface area contributed by atoms with Crippen LogP contribution in [0.2, 0.25) is 5.02 Å². The van der Waals surface area contributed by atoms with Crippen LogP contribution in [0.1, 0.15) is 25.8 Å². The van der Waals surface area contributed by atoms with Gasteiger partial charge in [0.25, 0.3) is 0 Å². The lowest BCUT2D eigenvalue weighted by atomic mass is 10.1. The van der Waals surface area contributed by atoms with Gasteiger partial charge in [-0.1, -0.05) is 40.5 Å². The van der Waals surface area contributed by atoms with Crippen molar-refractivity contribution in [2.75, 3.05) is 6.54 Å². The topological polar surface area (TPSA) is 40.5 Å². The number of carboxylic acid groups (broad SMARTS) is 1. The van der Waals surface area contributed by atoms with Gasteiger partial charge in [-0.2, -0.15) is 0 Å². The molecule has 0 fully saturated rings. The number of rotatable bonds is 6. The van der Waals surface area contributed by atoms with Crippen LogP contribution >= 0.6 is 27.5 Å². The number of aliphatic carboxylic acids is 1. The van der Waals surface area contributed by atoms with E-state index < -0.39 is 5.97 Å². The molecule has 5 heteroatoms. The number of hydrogen-bond donors (Lipinski definition) is 1. The summed E-state index contributed by atoms with van der Waals surface area (Å²) in [4.78, 5) is 12.8. The zero-order valence-corrected chi connectivity index (χ0v) is 12.8. The molecule has 0 amide bonds. The van der Waals surface area contributed by atoms with Crippen molar-refractivity contribution >= 4 is 33.5 Å². The molecule has 0 spiro atoms. The van der Waals surface area contributed by atoms with Crippen molar-refractivity contribution in [3.8, 4) is 0 Å². The highest BCUT2D eigenvalue weighted by molar-refractivity contribution is 9.10. The average Bonchev–Trinajstić information content (AvgIpc) is 2.30. The molecule has 1 unspecified atom stereocenters. The standard InChI is InChI=1S/C13H17BrClNO2/c1-3-9(2)16(8-13(17)18)7-10-4-5-11(14)6-12(10)15/h4-6,9H,3,7-8H2,1-2H3,(H,17,18). The minimum Gasteiger partial charge on any atom is -0.480 e. The van der Waals surface area contributed by atoms with Gasteiger partial charge in [0.1, 0.15) is 0 Å². The summed E-state index contributed by atoms with van der Waals surface area (Å²) in [5, 5.41) is 9.59. The summed E-state index contributed by atoms with van der Waals surface area (Å²) < 4.78 is 0.921. The molecule has 0 aliphatic rings. The molecular weight excluding hydrogens is 318 g/mol. The first-order valence-electron chi connectivity index (χ1n) is 5.83. The van der Waals surface area contributed by atoms with Gasteiger partial charge in [0.15, 0.2) is 0 Å². The van der Waals surface area contributed by atoms with Crippen LogP contribution in [0.4, 0.5) is 0 Å². The van der Waals surface area contributed by atoms with Crippen LogP contribution in [0.25, 0.3) is 0 Å². The molecule has 0 aliphatic carbocycles. The van der Waals surface area contributed by atoms with Crippen molar-refractivity contribution in [1.29, 1.82) is 0 Å². The zero-order chi connectivity index (χ0) is 13.7. The van der Waals surface area contributed by atoms with E-state index in [4.69, 9.17) is 16.7 Å². The number of benzene rings is 1. The zero-order valence-electron chi connectivity index (χ0n) is 10.5. The maximum absolute atomic E-state index is 10.9. The second-order valence-corrected chi connectivity index (χ2v) is 5.61. The van der Waals surface area contributed by atoms with Gasteiger partial charge in [0.05, 0.1) is 6.54 Å². The summed E-state index contributed by atoms with van der Waals surface area (Å²) in [6.07, 6.45) is 0.904. The Labute approximate surface area is 121 Å². The molecule has 1 aromatic rings. The van der Waals surface area contributed by atoms with Crippen LogP contribution in [0.5, 0.6) is 0 Å². The van der Waals surface area contributed by atoms with E-state index in [1.54, 1.807) is 0 Å². The maximum Gasteiger partial charge on any atom is 0.317 e. The SMILES string of the molecule is CCC(C)N(CC(=O)O)Cc1ccc(Br)cc1Cl. The average molecular weight is 335 g/mol. The Morgan fingerprint density at radius 3 is 2.72 bits per heavy atom. The van der Waals surface area contributed by atoms with Gasteiger partial charge in [0, 0.05) is 22.1 Å². The third-order valence-corrected chi connectivity index (χ3v) is 3.79. The first kappa shape index (κ1) is 15.5. The van der Waals surface area contributed by atoms with Gasteiger partial charge in [0.2, 0.25) is 0 Å². The molecule has 0 aliphatic heterocycles. The summed E-state index contributed by atoms with van der Waals surface area (Å²) in [5.41, 5.74) is 0.946. The van der Waals surface area contributed by atoms with Gasteiger partial charge in [-0.3, -0.25) is 9.69 Å². The van der Waals surface area contributed by atoms with E-state index in [9.17, 15) is 4.79 Å². The molecule has 100 valence electrons. The van der Waals surface area contributed by atoms with E-state index in [1.165, 1.54) is 0 Å². The molecule has 0 saturated carbocycles. The molecule has 0 radical (unpaired) electrons. The molecule has 1 atom stereocenters. The van der Waals surface area contributed by atoms with Crippen LogP contribution in [0.3, 0.4) is 0 Å². The summed E-state index contributed by atoms with van der Waals surface area (Å²) in [5.74, 6) is -0.816. The van der Waals surface area contributed by atoms with E-state index in [0.717, 1.165) is 16.5 Å². The lowest BCUT2D eigenvalue weighted by Crippen LogP contribution is -2.36. The Bertz CT molecular complexity index is 425. The lowest BCUT2D eigenvalue weighted by molar-refractivity contribution is -0.139. The first-order chi connectivity index (χ1) is 8.43. The number of hydrogen-bond acceptors (Lipinski definition) is 2. The largest absolute Gasteiger partial charge is 0.480 e. The molecule has 1 rings (SSSR count). The second kappa shape index (κ2) is 7.12. The summed E-state index contributed by atoms with van der Waals surface area (Å²) in [7, 11) is 0. The minimum atomic E-state index is -0.816. The van der Waals surface area contributed by atoms with Crippen molar-refractivity contribution in [1.82, 2.24) is 4.90 Å². The number of carbonyl (C=O) groups is 1. The van der Waals surface area contributed by atoms with Crippen LogP contribution < -0.4 is 0 Å². The molecule has 18 heavy (non-hydrogen) atoms. The predicted molar refractivity (Wildman–Crippen MR) is 77.0 cm³/mol. The predicted octanol–water partition coefficient (Wildman–Crippen LogP) is 3.79. The van der Waals surface area contributed by atoms with Gasteiger partial charge in [-0.25, -0.2) is 0 Å². The van der Waals surface area contributed by atoms with Crippen LogP contribution in [0.15, 0.2) is 22.7 Å². The highest BCUT2D eigenvalue weighted by Crippen LogP contribution is 2.23. The molecule has 0 aromatic heterocycles. The fourth-order valence-electron chi connectivity index (χ4n) is 1.67. The fourth-order valence-corrected chi connectivity index (χ4v) is 2.40. The Morgan fingerprint density at radius 1 is 1.56 bits per heavy atom. The van der Waals surface area contributed by atoms with Crippen LogP contribution in [-0.4, -0.2) is 28.6 Å². The third kappa shape index (κ3) is 4.59. The summed E-state index contributed by atoms with van der Waals surface area (Å²) in [6, 6.07) is 5.87. The van der Waals surface area contributed by atoms with E-state index >= 15 is 0 Å². The van der Waals surface area contributed by atoms with Crippen LogP contribution in [0, 0.1) is 0 Å². The van der Waals surface area contributed by atoms with Crippen LogP contribution in [-0.2, 0) is 11.3 Å². The number of carboxylic acids is 1. The Hall–Kier alpha value is -0.580. The smallest absolute Gasteiger partial charge is 0.317 e. The molecule has 1 aromatic carbocycles. The van der Waals surface area contributed by atoms with Crippen molar-refractivity contribution in [2.45, 2.75) is 32.9 Å². The second-order valence-electron chi connectivity index (χ2n) is 4.29. The van der Waals surface area contributed by atoms with E-state index in [1.807, 2.05) is 36.9 Å². The van der Waals surface area contributed by atoms with Crippen molar-refractivity contribution in [3.63, 3.8) is 0 Å². The van der Waals surface area contributed by atoms with E-state index in [-0.39, 0.29) is 12.6 Å². The lowest BCUT2D eigenvalue weighted by Gasteiger charge is -2.27.